The Morgan fingerprint density at radius 3 is 2.54 bits per heavy atom. The van der Waals surface area contributed by atoms with E-state index in [0.29, 0.717) is 0 Å². The summed E-state index contributed by atoms with van der Waals surface area (Å²) in [6.45, 7) is 2.72. The number of hydrogen-bond donors (Lipinski definition) is 2. The zero-order valence-corrected chi connectivity index (χ0v) is 17.2. The molecule has 1 aromatic carbocycles. The van der Waals surface area contributed by atoms with Crippen LogP contribution in [0.2, 0.25) is 0 Å². The van der Waals surface area contributed by atoms with Crippen LogP contribution in [0.25, 0.3) is 0 Å². The number of likely N-dealkylation sites (N-methyl/N-ethyl adjacent to an activating group) is 1. The van der Waals surface area contributed by atoms with Crippen LogP contribution < -0.4 is 10.6 Å². The van der Waals surface area contributed by atoms with Crippen molar-refractivity contribution in [2.75, 3.05) is 26.5 Å². The maximum absolute atomic E-state index is 12.6. The second-order valence-corrected chi connectivity index (χ2v) is 6.98. The third kappa shape index (κ3) is 6.32. The van der Waals surface area contributed by atoms with Crippen LogP contribution in [-0.2, 0) is 16.6 Å². The molecule has 1 heterocycles. The molecule has 1 aromatic heterocycles. The number of rotatable bonds is 9. The second kappa shape index (κ2) is 11.2. The van der Waals surface area contributed by atoms with Crippen LogP contribution in [0.15, 0.2) is 41.6 Å². The maximum Gasteiger partial charge on any atom is 0.242 e. The Balaban J connectivity index is 0.00000338. The normalized spacial score (nSPS) is 12.9. The molecule has 2 unspecified atom stereocenters. The van der Waals surface area contributed by atoms with Crippen molar-refractivity contribution in [2.24, 2.45) is 7.05 Å². The third-order valence-electron chi connectivity index (χ3n) is 3.90. The first-order valence-corrected chi connectivity index (χ1v) is 9.21. The maximum atomic E-state index is 12.6. The summed E-state index contributed by atoms with van der Waals surface area (Å²) in [5, 5.41) is 10.2. The number of amides is 1. The highest BCUT2D eigenvalue weighted by molar-refractivity contribution is 7.99. The van der Waals surface area contributed by atoms with Gasteiger partial charge in [0.2, 0.25) is 5.91 Å². The SMILES string of the molecule is CNC(C(=O)NC(C)c1ccc(SCCOC)cc1)c1cnn(C)c1.Cl. The molecule has 0 aliphatic heterocycles. The van der Waals surface area contributed by atoms with Gasteiger partial charge in [-0.1, -0.05) is 12.1 Å². The number of benzene rings is 1. The zero-order valence-electron chi connectivity index (χ0n) is 15.6. The molecule has 2 N–H and O–H groups in total. The number of nitrogens with one attached hydrogen (secondary N) is 2. The molecule has 6 nitrogen and oxygen atoms in total. The number of carbonyl (C=O) groups excluding carboxylic acids is 1. The highest BCUT2D eigenvalue weighted by Gasteiger charge is 2.21. The van der Waals surface area contributed by atoms with Gasteiger partial charge in [-0.2, -0.15) is 5.10 Å². The minimum Gasteiger partial charge on any atom is -0.384 e. The van der Waals surface area contributed by atoms with Gasteiger partial charge in [-0.05, 0) is 31.7 Å². The van der Waals surface area contributed by atoms with Crippen LogP contribution in [0.4, 0.5) is 0 Å². The first kappa shape index (κ1) is 22.5. The zero-order chi connectivity index (χ0) is 18.2. The van der Waals surface area contributed by atoms with Crippen LogP contribution in [0, 0.1) is 0 Å². The van der Waals surface area contributed by atoms with E-state index in [-0.39, 0.29) is 24.4 Å². The molecule has 1 amide bonds. The van der Waals surface area contributed by atoms with Gasteiger partial charge >= 0.3 is 0 Å². The Kier molecular flexibility index (Phi) is 9.72. The number of halogens is 1. The van der Waals surface area contributed by atoms with E-state index in [1.807, 2.05) is 20.2 Å². The van der Waals surface area contributed by atoms with Crippen molar-refractivity contribution in [3.05, 3.63) is 47.8 Å². The van der Waals surface area contributed by atoms with Crippen molar-refractivity contribution >= 4 is 30.1 Å². The van der Waals surface area contributed by atoms with E-state index in [1.165, 1.54) is 4.90 Å². The van der Waals surface area contributed by atoms with Crippen molar-refractivity contribution < 1.29 is 9.53 Å². The van der Waals surface area contributed by atoms with E-state index in [9.17, 15) is 4.79 Å². The highest BCUT2D eigenvalue weighted by Crippen LogP contribution is 2.21. The topological polar surface area (TPSA) is 68.2 Å². The Morgan fingerprint density at radius 2 is 2.00 bits per heavy atom. The standard InChI is InChI=1S/C18H26N4O2S.ClH/c1-13(14-5-7-16(8-6-14)25-10-9-24-4)21-18(23)17(19-2)15-11-20-22(3)12-15;/h5-8,11-13,17,19H,9-10H2,1-4H3,(H,21,23);1H. The molecule has 0 aliphatic rings. The fraction of sp³-hybridized carbons (Fsp3) is 0.444. The molecule has 2 rings (SSSR count). The molecule has 0 saturated heterocycles. The Labute approximate surface area is 165 Å². The number of methoxy groups -OCH3 is 1. The molecule has 26 heavy (non-hydrogen) atoms. The number of thioether (sulfide) groups is 1. The van der Waals surface area contributed by atoms with Crippen molar-refractivity contribution in [1.29, 1.82) is 0 Å². The predicted octanol–water partition coefficient (Wildman–Crippen LogP) is 2.72. The summed E-state index contributed by atoms with van der Waals surface area (Å²) in [5.41, 5.74) is 1.92. The fourth-order valence-electron chi connectivity index (χ4n) is 2.51. The van der Waals surface area contributed by atoms with Gasteiger partial charge in [0.1, 0.15) is 6.04 Å². The number of hydrogen-bond acceptors (Lipinski definition) is 5. The van der Waals surface area contributed by atoms with Crippen molar-refractivity contribution in [3.63, 3.8) is 0 Å². The van der Waals surface area contributed by atoms with Crippen LogP contribution in [0.5, 0.6) is 0 Å². The molecule has 2 atom stereocenters. The summed E-state index contributed by atoms with van der Waals surface area (Å²) in [5.74, 6) is 0.860. The predicted molar refractivity (Wildman–Crippen MR) is 108 cm³/mol. The molecule has 0 saturated carbocycles. The summed E-state index contributed by atoms with van der Waals surface area (Å²) in [4.78, 5) is 13.8. The number of ether oxygens (including phenoxy) is 1. The van der Waals surface area contributed by atoms with Gasteiger partial charge in [0, 0.05) is 36.6 Å². The van der Waals surface area contributed by atoms with Crippen LogP contribution >= 0.6 is 24.2 Å². The molecule has 0 aliphatic carbocycles. The molecule has 2 aromatic rings. The second-order valence-electron chi connectivity index (χ2n) is 5.81. The Hall–Kier alpha value is -1.54. The van der Waals surface area contributed by atoms with Gasteiger partial charge in [0.05, 0.1) is 18.8 Å². The minimum atomic E-state index is -0.417. The van der Waals surface area contributed by atoms with Crippen molar-refractivity contribution in [1.82, 2.24) is 20.4 Å². The average molecular weight is 399 g/mol. The molecule has 0 radical (unpaired) electrons. The smallest absolute Gasteiger partial charge is 0.242 e. The number of nitrogens with zero attached hydrogens (tertiary/aromatic N) is 2. The number of aryl methyl sites for hydroxylation is 1. The average Bonchev–Trinajstić information content (AvgIpc) is 3.02. The lowest BCUT2D eigenvalue weighted by molar-refractivity contribution is -0.123. The molecule has 0 fully saturated rings. The molecule has 0 bridgehead atoms. The van der Waals surface area contributed by atoms with Crippen LogP contribution in [-0.4, -0.2) is 42.2 Å². The highest BCUT2D eigenvalue weighted by atomic mass is 35.5. The third-order valence-corrected chi connectivity index (χ3v) is 4.88. The Morgan fingerprint density at radius 1 is 1.31 bits per heavy atom. The molecule has 0 spiro atoms. The van der Waals surface area contributed by atoms with Crippen LogP contribution in [0.1, 0.15) is 30.1 Å². The first-order valence-electron chi connectivity index (χ1n) is 8.23. The van der Waals surface area contributed by atoms with Crippen molar-refractivity contribution in [3.8, 4) is 0 Å². The molecular weight excluding hydrogens is 372 g/mol. The quantitative estimate of drug-likeness (QED) is 0.502. The van der Waals surface area contributed by atoms with E-state index in [1.54, 1.807) is 36.8 Å². The lowest BCUT2D eigenvalue weighted by Crippen LogP contribution is -2.37. The van der Waals surface area contributed by atoms with Crippen LogP contribution in [0.3, 0.4) is 0 Å². The van der Waals surface area contributed by atoms with Crippen molar-refractivity contribution in [2.45, 2.75) is 23.9 Å². The summed E-state index contributed by atoms with van der Waals surface area (Å²) in [6.07, 6.45) is 3.55. The van der Waals surface area contributed by atoms with E-state index in [0.717, 1.165) is 23.5 Å². The summed E-state index contributed by atoms with van der Waals surface area (Å²) < 4.78 is 6.75. The van der Waals surface area contributed by atoms with E-state index >= 15 is 0 Å². The van der Waals surface area contributed by atoms with E-state index in [4.69, 9.17) is 4.74 Å². The van der Waals surface area contributed by atoms with Gasteiger partial charge in [-0.15, -0.1) is 24.2 Å². The van der Waals surface area contributed by atoms with Gasteiger partial charge in [0.15, 0.2) is 0 Å². The minimum absolute atomic E-state index is 0. The van der Waals surface area contributed by atoms with E-state index in [2.05, 4.69) is 40.0 Å². The van der Waals surface area contributed by atoms with E-state index < -0.39 is 6.04 Å². The van der Waals surface area contributed by atoms with Gasteiger partial charge < -0.3 is 15.4 Å². The fourth-order valence-corrected chi connectivity index (χ4v) is 3.33. The summed E-state index contributed by atoms with van der Waals surface area (Å²) >= 11 is 1.76. The lowest BCUT2D eigenvalue weighted by Gasteiger charge is -2.19. The molecule has 144 valence electrons. The number of carbonyl (C=O) groups is 1. The first-order chi connectivity index (χ1) is 12.0. The largest absolute Gasteiger partial charge is 0.384 e. The Bertz CT molecular complexity index is 678. The van der Waals surface area contributed by atoms with Gasteiger partial charge in [0.25, 0.3) is 0 Å². The molecular formula is C18H27ClN4O2S. The molecule has 8 heteroatoms. The lowest BCUT2D eigenvalue weighted by atomic mass is 10.1. The monoisotopic (exact) mass is 398 g/mol. The summed E-state index contributed by atoms with van der Waals surface area (Å²) in [7, 11) is 5.31. The van der Waals surface area contributed by atoms with Gasteiger partial charge in [-0.25, -0.2) is 0 Å². The number of aromatic nitrogens is 2. The summed E-state index contributed by atoms with van der Waals surface area (Å²) in [6, 6.07) is 7.78. The van der Waals surface area contributed by atoms with Gasteiger partial charge in [-0.3, -0.25) is 9.48 Å².